The van der Waals surface area contributed by atoms with Crippen LogP contribution in [0.3, 0.4) is 0 Å². The van der Waals surface area contributed by atoms with E-state index in [0.29, 0.717) is 22.4 Å². The van der Waals surface area contributed by atoms with Crippen LogP contribution in [-0.4, -0.2) is 29.0 Å². The van der Waals surface area contributed by atoms with Gasteiger partial charge in [-0.3, -0.25) is 5.32 Å². The number of carbonyl (C=O) groups is 1. The molecular weight excluding hydrogens is 438 g/mol. The van der Waals surface area contributed by atoms with E-state index in [0.717, 1.165) is 0 Å². The normalized spacial score (nSPS) is 13.9. The van der Waals surface area contributed by atoms with E-state index in [4.69, 9.17) is 26.2 Å². The molecule has 1 atom stereocenters. The molecule has 0 aliphatic carbocycles. The number of fused-ring (bicyclic) bond motifs is 1. The van der Waals surface area contributed by atoms with Crippen molar-refractivity contribution in [3.63, 3.8) is 0 Å². The first-order valence-corrected chi connectivity index (χ1v) is 9.76. The molecule has 0 radical (unpaired) electrons. The Balaban J connectivity index is 1.68. The fraction of sp³-hybridized carbons (Fsp3) is 0.0909. The molecule has 0 amide bonds. The van der Waals surface area contributed by atoms with Gasteiger partial charge in [0.2, 0.25) is 11.8 Å². The van der Waals surface area contributed by atoms with Crippen molar-refractivity contribution in [2.24, 2.45) is 4.99 Å². The molecule has 0 saturated carbocycles. The lowest BCUT2D eigenvalue weighted by atomic mass is 9.95. The molecule has 1 aliphatic rings. The summed E-state index contributed by atoms with van der Waals surface area (Å²) in [6.45, 7) is 0. The molecule has 0 bridgehead atoms. The number of hydrogen-bond acceptors (Lipinski definition) is 12. The molecule has 4 rings (SSSR count). The van der Waals surface area contributed by atoms with Crippen LogP contribution in [0.5, 0.6) is 11.6 Å². The smallest absolute Gasteiger partial charge is 0.338 e. The van der Waals surface area contributed by atoms with Crippen molar-refractivity contribution in [3.8, 4) is 23.9 Å². The number of nitriles is 2. The molecule has 12 nitrogen and oxygen atoms in total. The highest BCUT2D eigenvalue weighted by Gasteiger charge is 2.29. The number of nitrogens with zero attached hydrogens (tertiary/aromatic N) is 5. The second-order valence-electron chi connectivity index (χ2n) is 6.95. The minimum atomic E-state index is -0.679. The molecule has 34 heavy (non-hydrogen) atoms. The van der Waals surface area contributed by atoms with Gasteiger partial charge in [-0.25, -0.2) is 19.8 Å². The summed E-state index contributed by atoms with van der Waals surface area (Å²) in [5.74, 6) is 0.567. The Bertz CT molecular complexity index is 1390. The van der Waals surface area contributed by atoms with E-state index in [2.05, 4.69) is 25.6 Å². The zero-order chi connectivity index (χ0) is 24.2. The largest absolute Gasteiger partial charge is 0.465 e. The van der Waals surface area contributed by atoms with Crippen molar-refractivity contribution >= 4 is 29.3 Å². The van der Waals surface area contributed by atoms with Gasteiger partial charge in [0.05, 0.1) is 18.4 Å². The summed E-state index contributed by atoms with van der Waals surface area (Å²) < 4.78 is 10.4. The number of nitrogens with two attached hydrogens (primary N) is 2. The Morgan fingerprint density at radius 1 is 1.21 bits per heavy atom. The van der Waals surface area contributed by atoms with Crippen LogP contribution in [0, 0.1) is 22.8 Å². The Morgan fingerprint density at radius 2 is 1.97 bits per heavy atom. The maximum Gasteiger partial charge on any atom is 0.338 e. The molecule has 1 aromatic carbocycles. The van der Waals surface area contributed by atoms with E-state index in [9.17, 15) is 10.1 Å². The van der Waals surface area contributed by atoms with Gasteiger partial charge in [0.1, 0.15) is 35.1 Å². The molecule has 12 heteroatoms. The quantitative estimate of drug-likeness (QED) is 0.255. The van der Waals surface area contributed by atoms with Crippen LogP contribution >= 0.6 is 0 Å². The van der Waals surface area contributed by atoms with E-state index < -0.39 is 12.0 Å². The molecule has 0 spiro atoms. The maximum atomic E-state index is 11.7. The highest BCUT2D eigenvalue weighted by Crippen LogP contribution is 2.40. The third kappa shape index (κ3) is 4.06. The summed E-state index contributed by atoms with van der Waals surface area (Å²) >= 11 is 0. The molecular formula is C22H17N9O3. The second kappa shape index (κ2) is 9.02. The highest BCUT2D eigenvalue weighted by molar-refractivity contribution is 5.98. The topological polar surface area (TPSA) is 197 Å². The summed E-state index contributed by atoms with van der Waals surface area (Å²) in [5.41, 5.74) is 13.7. The number of aliphatic imine (C=N–C) groups is 1. The Labute approximate surface area is 193 Å². The average Bonchev–Trinajstić information content (AvgIpc) is 2.84. The molecule has 0 fully saturated rings. The third-order valence-electron chi connectivity index (χ3n) is 4.93. The zero-order valence-electron chi connectivity index (χ0n) is 17.7. The summed E-state index contributed by atoms with van der Waals surface area (Å²) in [5, 5.41) is 23.7. The molecule has 3 aromatic rings. The summed E-state index contributed by atoms with van der Waals surface area (Å²) in [6, 6.07) is 11.1. The summed E-state index contributed by atoms with van der Waals surface area (Å²) in [7, 11) is 1.29. The van der Waals surface area contributed by atoms with Gasteiger partial charge in [-0.1, -0.05) is 12.1 Å². The van der Waals surface area contributed by atoms with Crippen molar-refractivity contribution in [2.45, 2.75) is 6.04 Å². The first-order chi connectivity index (χ1) is 16.4. The molecule has 6 N–H and O–H groups in total. The Morgan fingerprint density at radius 3 is 2.65 bits per heavy atom. The summed E-state index contributed by atoms with van der Waals surface area (Å²) in [4.78, 5) is 24.5. The van der Waals surface area contributed by atoms with Gasteiger partial charge in [0.25, 0.3) is 0 Å². The van der Waals surface area contributed by atoms with Crippen LogP contribution in [-0.2, 0) is 4.74 Å². The lowest BCUT2D eigenvalue weighted by Gasteiger charge is -2.26. The van der Waals surface area contributed by atoms with Gasteiger partial charge in [0, 0.05) is 17.8 Å². The van der Waals surface area contributed by atoms with Crippen LogP contribution in [0.15, 0.2) is 47.6 Å². The van der Waals surface area contributed by atoms with Crippen molar-refractivity contribution in [2.75, 3.05) is 23.9 Å². The number of nitrogens with one attached hydrogen (secondary N) is 2. The first-order valence-electron chi connectivity index (χ1n) is 9.76. The van der Waals surface area contributed by atoms with E-state index in [1.165, 1.54) is 25.4 Å². The number of hydrogen-bond donors (Lipinski definition) is 4. The number of rotatable bonds is 4. The van der Waals surface area contributed by atoms with Gasteiger partial charge >= 0.3 is 5.97 Å². The minimum absolute atomic E-state index is 0.0337. The SMILES string of the molecule is COC(=O)c1ccnc(Oc2ccc(C3N=C(NC#N)Nc4nc(N)c(C#N)c(N)c43)cc2)c1. The van der Waals surface area contributed by atoms with Crippen molar-refractivity contribution in [1.82, 2.24) is 15.3 Å². The number of aromatic nitrogens is 2. The van der Waals surface area contributed by atoms with Crippen LogP contribution < -0.4 is 26.8 Å². The standard InChI is InChI=1S/C22H17N9O3/c1-33-21(32)12-6-7-27-15(8-12)34-13-4-2-11(3-5-13)18-16-17(25)14(9-23)19(26)30-20(16)31-22(29-18)28-10-24/h2-8,18H,1H3,(H6,25,26,28,29,30,31). The number of pyridine rings is 2. The van der Waals surface area contributed by atoms with Gasteiger partial charge in [-0.2, -0.15) is 10.5 Å². The fourth-order valence-electron chi connectivity index (χ4n) is 3.37. The molecule has 1 unspecified atom stereocenters. The minimum Gasteiger partial charge on any atom is -0.465 e. The van der Waals surface area contributed by atoms with Gasteiger partial charge in [0.15, 0.2) is 6.19 Å². The van der Waals surface area contributed by atoms with Crippen LogP contribution in [0.4, 0.5) is 17.3 Å². The van der Waals surface area contributed by atoms with Crippen LogP contribution in [0.1, 0.15) is 33.1 Å². The fourth-order valence-corrected chi connectivity index (χ4v) is 3.37. The van der Waals surface area contributed by atoms with Gasteiger partial charge in [-0.05, 0) is 23.8 Å². The molecule has 3 heterocycles. The number of anilines is 3. The van der Waals surface area contributed by atoms with E-state index >= 15 is 0 Å². The van der Waals surface area contributed by atoms with Gasteiger partial charge in [-0.15, -0.1) is 0 Å². The Hall–Kier alpha value is -5.36. The van der Waals surface area contributed by atoms with Crippen LogP contribution in [0.25, 0.3) is 0 Å². The zero-order valence-corrected chi connectivity index (χ0v) is 17.7. The van der Waals surface area contributed by atoms with E-state index in [1.54, 1.807) is 30.5 Å². The predicted octanol–water partition coefficient (Wildman–Crippen LogP) is 2.03. The number of benzene rings is 1. The first kappa shape index (κ1) is 21.9. The average molecular weight is 455 g/mol. The molecule has 1 aliphatic heterocycles. The van der Waals surface area contributed by atoms with Crippen LogP contribution in [0.2, 0.25) is 0 Å². The number of nitrogen functional groups attached to an aromatic ring is 2. The van der Waals surface area contributed by atoms with Crippen molar-refractivity contribution in [1.29, 1.82) is 10.5 Å². The molecule has 2 aromatic heterocycles. The van der Waals surface area contributed by atoms with Crippen molar-refractivity contribution in [3.05, 3.63) is 64.8 Å². The lowest BCUT2D eigenvalue weighted by Crippen LogP contribution is -2.32. The molecule has 0 saturated heterocycles. The van der Waals surface area contributed by atoms with E-state index in [1.807, 2.05) is 6.07 Å². The predicted molar refractivity (Wildman–Crippen MR) is 122 cm³/mol. The number of guanidine groups is 1. The number of carbonyl (C=O) groups excluding carboxylic acids is 1. The Kier molecular flexibility index (Phi) is 5.80. The summed E-state index contributed by atoms with van der Waals surface area (Å²) in [6.07, 6.45) is 3.24. The number of ether oxygens (including phenoxy) is 2. The second-order valence-corrected chi connectivity index (χ2v) is 6.95. The third-order valence-corrected chi connectivity index (χ3v) is 4.93. The highest BCUT2D eigenvalue weighted by atomic mass is 16.5. The molecule has 168 valence electrons. The maximum absolute atomic E-state index is 11.7. The lowest BCUT2D eigenvalue weighted by molar-refractivity contribution is 0.0600. The monoisotopic (exact) mass is 455 g/mol. The van der Waals surface area contributed by atoms with Gasteiger partial charge < -0.3 is 26.3 Å². The van der Waals surface area contributed by atoms with E-state index in [-0.39, 0.29) is 34.7 Å². The van der Waals surface area contributed by atoms with Crippen molar-refractivity contribution < 1.29 is 14.3 Å². The number of methoxy groups -OCH3 is 1. The number of esters is 1.